The number of ether oxygens (including phenoxy) is 2. The molecule has 2 aromatic carbocycles. The Morgan fingerprint density at radius 1 is 0.939 bits per heavy atom. The summed E-state index contributed by atoms with van der Waals surface area (Å²) in [7, 11) is -2.08. The van der Waals surface area contributed by atoms with Crippen LogP contribution >= 0.6 is 7.60 Å². The maximum absolute atomic E-state index is 13.9. The zero-order valence-corrected chi connectivity index (χ0v) is 20.9. The summed E-state index contributed by atoms with van der Waals surface area (Å²) in [4.78, 5) is 0. The van der Waals surface area contributed by atoms with Gasteiger partial charge in [-0.15, -0.1) is 0 Å². The zero-order chi connectivity index (χ0) is 24.0. The van der Waals surface area contributed by atoms with Crippen molar-refractivity contribution in [2.24, 2.45) is 0 Å². The summed E-state index contributed by atoms with van der Waals surface area (Å²) in [5, 5.41) is 9.85. The highest BCUT2D eigenvalue weighted by molar-refractivity contribution is 7.58. The number of allylic oxidation sites excluding steroid dienone is 1. The molecular weight excluding hydrogens is 439 g/mol. The van der Waals surface area contributed by atoms with E-state index in [2.05, 4.69) is 0 Å². The Bertz CT molecular complexity index is 941. The van der Waals surface area contributed by atoms with Crippen LogP contribution in [0.25, 0.3) is 0 Å². The maximum Gasteiger partial charge on any atom is 0.395 e. The average molecular weight is 475 g/mol. The third kappa shape index (κ3) is 6.27. The van der Waals surface area contributed by atoms with Crippen LogP contribution in [0.5, 0.6) is 5.75 Å². The summed E-state index contributed by atoms with van der Waals surface area (Å²) < 4.78 is 37.2. The highest BCUT2D eigenvalue weighted by Gasteiger charge is 2.44. The molecule has 1 heterocycles. The fourth-order valence-electron chi connectivity index (χ4n) is 4.19. The molecule has 0 fully saturated rings. The first-order chi connectivity index (χ1) is 15.8. The lowest BCUT2D eigenvalue weighted by Gasteiger charge is -2.39. The molecular formula is C26H35O6P. The Morgan fingerprint density at radius 3 is 2.06 bits per heavy atom. The van der Waals surface area contributed by atoms with Crippen molar-refractivity contribution in [1.82, 2.24) is 0 Å². The van der Waals surface area contributed by atoms with Gasteiger partial charge in [0, 0.05) is 24.9 Å². The van der Waals surface area contributed by atoms with Crippen molar-refractivity contribution in [3.8, 4) is 5.75 Å². The number of hydrogen-bond acceptors (Lipinski definition) is 6. The van der Waals surface area contributed by atoms with Crippen LogP contribution in [0.4, 0.5) is 0 Å². The highest BCUT2D eigenvalue weighted by Crippen LogP contribution is 2.62. The molecule has 7 heteroatoms. The smallest absolute Gasteiger partial charge is 0.395 e. The summed E-state index contributed by atoms with van der Waals surface area (Å²) in [6.07, 6.45) is 1.20. The summed E-state index contributed by atoms with van der Waals surface area (Å²) in [6.45, 7) is 7.21. The Labute approximate surface area is 197 Å². The highest BCUT2D eigenvalue weighted by atomic mass is 31.2. The van der Waals surface area contributed by atoms with Gasteiger partial charge in [-0.2, -0.15) is 0 Å². The van der Waals surface area contributed by atoms with E-state index in [1.54, 1.807) is 7.11 Å². The van der Waals surface area contributed by atoms with E-state index in [1.165, 1.54) is 0 Å². The zero-order valence-electron chi connectivity index (χ0n) is 20.0. The molecule has 0 amide bonds. The number of rotatable bonds is 10. The molecule has 2 aromatic rings. The molecule has 0 saturated carbocycles. The lowest BCUT2D eigenvalue weighted by molar-refractivity contribution is 0.0458. The van der Waals surface area contributed by atoms with Crippen molar-refractivity contribution < 1.29 is 28.2 Å². The van der Waals surface area contributed by atoms with Crippen molar-refractivity contribution in [2.75, 3.05) is 13.7 Å². The van der Waals surface area contributed by atoms with Crippen LogP contribution in [0, 0.1) is 0 Å². The molecule has 3 atom stereocenters. The molecule has 0 radical (unpaired) electrons. The quantitative estimate of drug-likeness (QED) is 0.412. The van der Waals surface area contributed by atoms with Crippen LogP contribution in [0.3, 0.4) is 0 Å². The topological polar surface area (TPSA) is 74.2 Å². The maximum atomic E-state index is 13.9. The van der Waals surface area contributed by atoms with Crippen molar-refractivity contribution in [3.63, 3.8) is 0 Å². The van der Waals surface area contributed by atoms with Crippen molar-refractivity contribution >= 4 is 7.60 Å². The molecule has 1 aliphatic rings. The van der Waals surface area contributed by atoms with Crippen LogP contribution in [-0.2, 0) is 18.3 Å². The van der Waals surface area contributed by atoms with E-state index in [1.807, 2.05) is 88.4 Å². The third-order valence-corrected chi connectivity index (χ3v) is 7.64. The van der Waals surface area contributed by atoms with E-state index in [0.717, 1.165) is 16.9 Å². The lowest BCUT2D eigenvalue weighted by Crippen LogP contribution is -2.32. The van der Waals surface area contributed by atoms with Gasteiger partial charge in [-0.05, 0) is 57.0 Å². The van der Waals surface area contributed by atoms with Gasteiger partial charge in [-0.25, -0.2) is 0 Å². The number of aliphatic hydroxyl groups excluding tert-OH is 1. The first-order valence-corrected chi connectivity index (χ1v) is 13.0. The van der Waals surface area contributed by atoms with Crippen LogP contribution in [-0.4, -0.2) is 37.1 Å². The molecule has 0 saturated heterocycles. The van der Waals surface area contributed by atoms with Crippen LogP contribution in [0.15, 0.2) is 66.2 Å². The van der Waals surface area contributed by atoms with Gasteiger partial charge in [0.25, 0.3) is 0 Å². The Hall–Kier alpha value is -2.11. The summed E-state index contributed by atoms with van der Waals surface area (Å²) >= 11 is 0. The first-order valence-electron chi connectivity index (χ1n) is 11.4. The fraction of sp³-hybridized carbons (Fsp3) is 0.462. The summed E-state index contributed by atoms with van der Waals surface area (Å²) in [6, 6.07) is 17.9. The summed E-state index contributed by atoms with van der Waals surface area (Å²) in [5.41, 5.74) is 2.31. The van der Waals surface area contributed by atoms with Crippen LogP contribution < -0.4 is 4.74 Å². The van der Waals surface area contributed by atoms with Gasteiger partial charge in [0.1, 0.15) is 11.9 Å². The van der Waals surface area contributed by atoms with E-state index in [4.69, 9.17) is 18.5 Å². The Balaban J connectivity index is 2.15. The Kier molecular flexibility index (Phi) is 8.77. The minimum atomic E-state index is -3.72. The standard InChI is InChI=1S/C26H35O6P/c1-18(2)31-33(28,32-19(3)4)25-17-23(20-9-7-6-8-10-20)26(24(30-25)15-16-27)21-11-13-22(29-5)14-12-21/h6-14,17-19,23-24,26-27H,15-16H2,1-5H3/t23-,24+,26-/m0/s1. The molecule has 180 valence electrons. The molecule has 0 aromatic heterocycles. The SMILES string of the molecule is COc1ccc([C@@H]2[C@@H](CCO)OC(P(=O)(OC(C)C)OC(C)C)=C[C@H]2c2ccccc2)cc1. The summed E-state index contributed by atoms with van der Waals surface area (Å²) in [5.74, 6) is 0.502. The van der Waals surface area contributed by atoms with E-state index >= 15 is 0 Å². The number of aliphatic hydroxyl groups is 1. The van der Waals surface area contributed by atoms with E-state index < -0.39 is 13.7 Å². The van der Waals surface area contributed by atoms with Crippen molar-refractivity contribution in [1.29, 1.82) is 0 Å². The second-order valence-corrected chi connectivity index (χ2v) is 10.6. The molecule has 3 rings (SSSR count). The number of hydrogen-bond donors (Lipinski definition) is 1. The largest absolute Gasteiger partial charge is 0.497 e. The number of benzene rings is 2. The van der Waals surface area contributed by atoms with Crippen molar-refractivity contribution in [2.45, 2.75) is 64.3 Å². The fourth-order valence-corrected chi connectivity index (χ4v) is 6.16. The third-order valence-electron chi connectivity index (χ3n) is 5.45. The first kappa shape index (κ1) is 25.5. The van der Waals surface area contributed by atoms with Gasteiger partial charge >= 0.3 is 7.60 Å². The molecule has 0 unspecified atom stereocenters. The van der Waals surface area contributed by atoms with Gasteiger partial charge in [-0.3, -0.25) is 4.57 Å². The van der Waals surface area contributed by atoms with E-state index in [0.29, 0.717) is 6.42 Å². The van der Waals surface area contributed by atoms with Crippen LogP contribution in [0.2, 0.25) is 0 Å². The molecule has 1 N–H and O–H groups in total. The van der Waals surface area contributed by atoms with Crippen molar-refractivity contribution in [3.05, 3.63) is 77.3 Å². The predicted octanol–water partition coefficient (Wildman–Crippen LogP) is 6.23. The minimum absolute atomic E-state index is 0.0630. The molecule has 0 spiro atoms. The van der Waals surface area contributed by atoms with Crippen LogP contribution in [0.1, 0.15) is 57.1 Å². The molecule has 33 heavy (non-hydrogen) atoms. The second kappa shape index (κ2) is 11.3. The number of methoxy groups -OCH3 is 1. The minimum Gasteiger partial charge on any atom is -0.497 e. The van der Waals surface area contributed by atoms with Gasteiger partial charge in [-0.1, -0.05) is 42.5 Å². The monoisotopic (exact) mass is 474 g/mol. The lowest BCUT2D eigenvalue weighted by atomic mass is 9.76. The Morgan fingerprint density at radius 2 is 1.55 bits per heavy atom. The van der Waals surface area contributed by atoms with Gasteiger partial charge in [0.05, 0.1) is 19.3 Å². The van der Waals surface area contributed by atoms with E-state index in [9.17, 15) is 9.67 Å². The van der Waals surface area contributed by atoms with Gasteiger partial charge in [0.2, 0.25) is 5.50 Å². The normalized spacial score (nSPS) is 21.1. The van der Waals surface area contributed by atoms with Gasteiger partial charge in [0.15, 0.2) is 0 Å². The molecule has 0 aliphatic carbocycles. The second-order valence-electron chi connectivity index (χ2n) is 8.71. The molecule has 0 bridgehead atoms. The predicted molar refractivity (Wildman–Crippen MR) is 130 cm³/mol. The molecule has 1 aliphatic heterocycles. The molecule has 6 nitrogen and oxygen atoms in total. The average Bonchev–Trinajstić information content (AvgIpc) is 2.78. The van der Waals surface area contributed by atoms with Gasteiger partial charge < -0.3 is 23.6 Å². The van der Waals surface area contributed by atoms with E-state index in [-0.39, 0.29) is 36.2 Å².